The van der Waals surface area contributed by atoms with Crippen molar-refractivity contribution in [2.45, 2.75) is 31.1 Å². The van der Waals surface area contributed by atoms with E-state index in [4.69, 9.17) is 14.2 Å². The van der Waals surface area contributed by atoms with E-state index in [9.17, 15) is 19.8 Å². The van der Waals surface area contributed by atoms with Gasteiger partial charge in [0.25, 0.3) is 5.56 Å². The Morgan fingerprint density at radius 3 is 2.58 bits per heavy atom. The lowest BCUT2D eigenvalue weighted by molar-refractivity contribution is -0.0797. The van der Waals surface area contributed by atoms with E-state index in [2.05, 4.69) is 4.98 Å². The van der Waals surface area contributed by atoms with Gasteiger partial charge in [-0.3, -0.25) is 14.3 Å². The first kappa shape index (κ1) is 18.3. The highest BCUT2D eigenvalue weighted by atomic mass is 16.6. The van der Waals surface area contributed by atoms with Crippen LogP contribution in [0.1, 0.15) is 11.8 Å². The molecule has 9 heteroatoms. The van der Waals surface area contributed by atoms with Crippen molar-refractivity contribution < 1.29 is 24.4 Å². The highest BCUT2D eigenvalue weighted by molar-refractivity contribution is 5.26. The Labute approximate surface area is 148 Å². The number of aromatic nitrogens is 2. The van der Waals surface area contributed by atoms with E-state index >= 15 is 0 Å². The number of rotatable bonds is 6. The van der Waals surface area contributed by atoms with Crippen LogP contribution in [0.5, 0.6) is 5.75 Å². The molecule has 9 nitrogen and oxygen atoms in total. The Balaban J connectivity index is 1.80. The van der Waals surface area contributed by atoms with Crippen LogP contribution in [0.25, 0.3) is 0 Å². The van der Waals surface area contributed by atoms with Gasteiger partial charge in [0, 0.05) is 12.3 Å². The zero-order chi connectivity index (χ0) is 18.7. The number of H-pyrrole nitrogens is 1. The van der Waals surface area contributed by atoms with E-state index < -0.39 is 42.4 Å². The van der Waals surface area contributed by atoms with Crippen LogP contribution in [0.3, 0.4) is 0 Å². The number of ether oxygens (including phenoxy) is 3. The molecule has 1 saturated heterocycles. The number of nitrogens with one attached hydrogen (secondary N) is 1. The summed E-state index contributed by atoms with van der Waals surface area (Å²) >= 11 is 0. The molecule has 1 aliphatic heterocycles. The van der Waals surface area contributed by atoms with Crippen LogP contribution < -0.4 is 16.0 Å². The molecule has 0 aliphatic carbocycles. The first-order valence-electron chi connectivity index (χ1n) is 8.04. The van der Waals surface area contributed by atoms with Crippen LogP contribution in [-0.2, 0) is 16.1 Å². The molecular formula is C17H20N2O7. The lowest BCUT2D eigenvalue weighted by Gasteiger charge is -2.22. The number of nitrogens with zero attached hydrogens (tertiary/aromatic N) is 1. The van der Waals surface area contributed by atoms with Gasteiger partial charge < -0.3 is 24.4 Å². The van der Waals surface area contributed by atoms with Gasteiger partial charge in [-0.1, -0.05) is 12.1 Å². The van der Waals surface area contributed by atoms with E-state index in [1.807, 2.05) is 12.1 Å². The van der Waals surface area contributed by atoms with E-state index in [1.165, 1.54) is 12.3 Å². The first-order valence-corrected chi connectivity index (χ1v) is 8.04. The van der Waals surface area contributed by atoms with Gasteiger partial charge in [-0.15, -0.1) is 0 Å². The second-order valence-corrected chi connectivity index (χ2v) is 5.88. The first-order chi connectivity index (χ1) is 12.5. The topological polar surface area (TPSA) is 123 Å². The molecule has 1 aromatic heterocycles. The molecule has 2 heterocycles. The average Bonchev–Trinajstić information content (AvgIpc) is 2.96. The molecule has 1 fully saturated rings. The van der Waals surface area contributed by atoms with Gasteiger partial charge in [-0.25, -0.2) is 4.79 Å². The maximum Gasteiger partial charge on any atom is 0.330 e. The second kappa shape index (κ2) is 7.83. The third kappa shape index (κ3) is 3.70. The number of methoxy groups -OCH3 is 1. The molecule has 0 unspecified atom stereocenters. The van der Waals surface area contributed by atoms with E-state index in [1.54, 1.807) is 19.2 Å². The van der Waals surface area contributed by atoms with Crippen molar-refractivity contribution in [3.05, 3.63) is 62.9 Å². The van der Waals surface area contributed by atoms with Crippen molar-refractivity contribution >= 4 is 0 Å². The monoisotopic (exact) mass is 364 g/mol. The van der Waals surface area contributed by atoms with Gasteiger partial charge >= 0.3 is 5.69 Å². The smallest absolute Gasteiger partial charge is 0.330 e. The SMILES string of the molecule is COc1ccc(CO[C@@H]2[C@H](O)[C@@H](CO)O[C@H]2n2ccc(=O)[nH]c2=O)cc1. The predicted octanol–water partition coefficient (Wildman–Crippen LogP) is -0.619. The number of aliphatic hydroxyl groups is 2. The molecule has 0 bridgehead atoms. The fourth-order valence-corrected chi connectivity index (χ4v) is 2.81. The molecule has 4 atom stereocenters. The normalized spacial score (nSPS) is 25.3. The Bertz CT molecular complexity index is 845. The third-order valence-corrected chi connectivity index (χ3v) is 4.22. The maximum atomic E-state index is 12.0. The van der Waals surface area contributed by atoms with E-state index in [0.29, 0.717) is 5.75 Å². The minimum absolute atomic E-state index is 0.155. The van der Waals surface area contributed by atoms with Gasteiger partial charge in [0.1, 0.15) is 24.1 Å². The highest BCUT2D eigenvalue weighted by Gasteiger charge is 2.45. The van der Waals surface area contributed by atoms with Crippen molar-refractivity contribution in [1.82, 2.24) is 9.55 Å². The molecule has 26 heavy (non-hydrogen) atoms. The van der Waals surface area contributed by atoms with Crippen LogP contribution in [0.15, 0.2) is 46.1 Å². The average molecular weight is 364 g/mol. The summed E-state index contributed by atoms with van der Waals surface area (Å²) in [5.74, 6) is 0.705. The number of hydrogen-bond acceptors (Lipinski definition) is 7. The standard InChI is InChI=1S/C17H20N2O7/c1-24-11-4-2-10(3-5-11)9-25-15-14(22)12(8-20)26-16(15)19-7-6-13(21)18-17(19)23/h2-7,12,14-16,20,22H,8-9H2,1H3,(H,18,21,23)/t12-,14-,15-,16-/m1/s1. The van der Waals surface area contributed by atoms with E-state index in [-0.39, 0.29) is 6.61 Å². The van der Waals surface area contributed by atoms with Gasteiger partial charge in [-0.05, 0) is 17.7 Å². The zero-order valence-electron chi connectivity index (χ0n) is 14.1. The molecule has 3 rings (SSSR count). The summed E-state index contributed by atoms with van der Waals surface area (Å²) in [6.45, 7) is -0.278. The van der Waals surface area contributed by atoms with Crippen molar-refractivity contribution in [1.29, 1.82) is 0 Å². The highest BCUT2D eigenvalue weighted by Crippen LogP contribution is 2.31. The fourth-order valence-electron chi connectivity index (χ4n) is 2.81. The van der Waals surface area contributed by atoms with Crippen molar-refractivity contribution in [2.24, 2.45) is 0 Å². The molecular weight excluding hydrogens is 344 g/mol. The molecule has 0 amide bonds. The number of aromatic amines is 1. The number of benzene rings is 1. The Morgan fingerprint density at radius 2 is 1.96 bits per heavy atom. The Kier molecular flexibility index (Phi) is 5.52. The Hall–Kier alpha value is -2.46. The Morgan fingerprint density at radius 1 is 1.23 bits per heavy atom. The minimum Gasteiger partial charge on any atom is -0.497 e. The molecule has 0 radical (unpaired) electrons. The van der Waals surface area contributed by atoms with Gasteiger partial charge in [0.15, 0.2) is 6.23 Å². The van der Waals surface area contributed by atoms with Crippen LogP contribution in [0.4, 0.5) is 0 Å². The zero-order valence-corrected chi connectivity index (χ0v) is 14.1. The summed E-state index contributed by atoms with van der Waals surface area (Å²) < 4.78 is 17.6. The van der Waals surface area contributed by atoms with Crippen LogP contribution in [0.2, 0.25) is 0 Å². The summed E-state index contributed by atoms with van der Waals surface area (Å²) in [7, 11) is 1.57. The second-order valence-electron chi connectivity index (χ2n) is 5.88. The van der Waals surface area contributed by atoms with Gasteiger partial charge in [-0.2, -0.15) is 0 Å². The third-order valence-electron chi connectivity index (χ3n) is 4.22. The van der Waals surface area contributed by atoms with Crippen LogP contribution >= 0.6 is 0 Å². The predicted molar refractivity (Wildman–Crippen MR) is 89.9 cm³/mol. The van der Waals surface area contributed by atoms with Crippen molar-refractivity contribution in [2.75, 3.05) is 13.7 Å². The lowest BCUT2D eigenvalue weighted by atomic mass is 10.1. The quantitative estimate of drug-likeness (QED) is 0.624. The molecule has 2 aromatic rings. The molecule has 0 spiro atoms. The summed E-state index contributed by atoms with van der Waals surface area (Å²) in [5.41, 5.74) is -0.399. The minimum atomic E-state index is -1.14. The van der Waals surface area contributed by atoms with Crippen LogP contribution in [-0.4, -0.2) is 51.8 Å². The van der Waals surface area contributed by atoms with E-state index in [0.717, 1.165) is 10.1 Å². The summed E-state index contributed by atoms with van der Waals surface area (Å²) in [4.78, 5) is 25.4. The molecule has 140 valence electrons. The van der Waals surface area contributed by atoms with Crippen molar-refractivity contribution in [3.63, 3.8) is 0 Å². The van der Waals surface area contributed by atoms with Gasteiger partial charge in [0.2, 0.25) is 0 Å². The molecule has 3 N–H and O–H groups in total. The summed E-state index contributed by atoms with van der Waals surface area (Å²) in [6, 6.07) is 8.35. The fraction of sp³-hybridized carbons (Fsp3) is 0.412. The summed E-state index contributed by atoms with van der Waals surface area (Å²) in [6.07, 6.45) is -2.66. The van der Waals surface area contributed by atoms with Gasteiger partial charge in [0.05, 0.1) is 20.3 Å². The lowest BCUT2D eigenvalue weighted by Crippen LogP contribution is -2.39. The maximum absolute atomic E-state index is 12.0. The molecule has 0 saturated carbocycles. The largest absolute Gasteiger partial charge is 0.497 e. The van der Waals surface area contributed by atoms with Crippen LogP contribution in [0, 0.1) is 0 Å². The number of aliphatic hydroxyl groups excluding tert-OH is 2. The number of hydrogen-bond donors (Lipinski definition) is 3. The summed E-state index contributed by atoms with van der Waals surface area (Å²) in [5, 5.41) is 19.7. The molecule has 1 aromatic carbocycles. The van der Waals surface area contributed by atoms with Crippen molar-refractivity contribution in [3.8, 4) is 5.75 Å². The molecule has 1 aliphatic rings.